The number of halogens is 1. The van der Waals surface area contributed by atoms with Gasteiger partial charge < -0.3 is 5.73 Å². The summed E-state index contributed by atoms with van der Waals surface area (Å²) in [7, 11) is 0. The Kier molecular flexibility index (Phi) is 3.18. The molecule has 2 aliphatic rings. The van der Waals surface area contributed by atoms with Gasteiger partial charge in [0.15, 0.2) is 0 Å². The Hall–Kier alpha value is -0.480. The predicted octanol–water partition coefficient (Wildman–Crippen LogP) is 3.58. The second-order valence-electron chi connectivity index (χ2n) is 5.79. The summed E-state index contributed by atoms with van der Waals surface area (Å²) in [5.74, 6) is 1.59. The molecule has 0 amide bonds. The molecule has 3 atom stereocenters. The van der Waals surface area contributed by atoms with Gasteiger partial charge in [-0.05, 0) is 58.7 Å². The Balaban J connectivity index is 2.04. The molecule has 2 fully saturated rings. The molecule has 0 aliphatic heterocycles. The van der Waals surface area contributed by atoms with E-state index in [-0.39, 0.29) is 5.41 Å². The average Bonchev–Trinajstić information content (AvgIpc) is 2.68. The third-order valence-corrected chi connectivity index (χ3v) is 5.48. The minimum atomic E-state index is -0.115. The van der Waals surface area contributed by atoms with Crippen molar-refractivity contribution in [3.05, 3.63) is 28.5 Å². The van der Waals surface area contributed by atoms with E-state index >= 15 is 0 Å². The summed E-state index contributed by atoms with van der Waals surface area (Å²) in [5, 5.41) is 0. The van der Waals surface area contributed by atoms with Crippen LogP contribution in [0.4, 0.5) is 0 Å². The van der Waals surface area contributed by atoms with Crippen LogP contribution in [0.3, 0.4) is 0 Å². The van der Waals surface area contributed by atoms with Crippen molar-refractivity contribution in [2.45, 2.75) is 37.5 Å². The van der Waals surface area contributed by atoms with Crippen LogP contribution in [0.2, 0.25) is 0 Å². The monoisotopic (exact) mass is 324 g/mol. The van der Waals surface area contributed by atoms with Crippen molar-refractivity contribution in [2.24, 2.45) is 17.6 Å². The van der Waals surface area contributed by atoms with E-state index in [0.29, 0.717) is 4.99 Å². The highest BCUT2D eigenvalue weighted by Gasteiger charge is 2.46. The topological polar surface area (TPSA) is 38.9 Å². The van der Waals surface area contributed by atoms with E-state index in [0.717, 1.165) is 29.2 Å². The van der Waals surface area contributed by atoms with Crippen LogP contribution in [0, 0.1) is 11.8 Å². The molecule has 2 bridgehead atoms. The highest BCUT2D eigenvalue weighted by molar-refractivity contribution is 9.10. The van der Waals surface area contributed by atoms with E-state index in [1.54, 1.807) is 0 Å². The summed E-state index contributed by atoms with van der Waals surface area (Å²) in [6, 6.07) is 2.14. The highest BCUT2D eigenvalue weighted by Crippen LogP contribution is 2.52. The lowest BCUT2D eigenvalue weighted by Gasteiger charge is -2.40. The van der Waals surface area contributed by atoms with Crippen LogP contribution in [0.1, 0.15) is 37.7 Å². The fourth-order valence-corrected chi connectivity index (χ4v) is 4.52. The molecule has 2 saturated carbocycles. The van der Waals surface area contributed by atoms with E-state index in [1.807, 2.05) is 12.4 Å². The lowest BCUT2D eigenvalue weighted by molar-refractivity contribution is 0.275. The quantitative estimate of drug-likeness (QED) is 0.845. The molecule has 96 valence electrons. The molecule has 2 N–H and O–H groups in total. The van der Waals surface area contributed by atoms with Crippen molar-refractivity contribution < 1.29 is 0 Å². The van der Waals surface area contributed by atoms with Gasteiger partial charge in [0.2, 0.25) is 0 Å². The molecule has 4 heteroatoms. The van der Waals surface area contributed by atoms with Crippen molar-refractivity contribution >= 4 is 33.1 Å². The zero-order chi connectivity index (χ0) is 12.8. The zero-order valence-corrected chi connectivity index (χ0v) is 12.6. The maximum Gasteiger partial charge on any atom is 0.0835 e. The van der Waals surface area contributed by atoms with Crippen LogP contribution in [0.15, 0.2) is 22.9 Å². The van der Waals surface area contributed by atoms with Crippen LogP contribution in [0.5, 0.6) is 0 Å². The van der Waals surface area contributed by atoms with Gasteiger partial charge in [0.1, 0.15) is 0 Å². The molecule has 1 heterocycles. The molecule has 2 nitrogen and oxygen atoms in total. The van der Waals surface area contributed by atoms with Gasteiger partial charge in [-0.2, -0.15) is 0 Å². The number of hydrogen-bond donors (Lipinski definition) is 1. The number of aromatic nitrogens is 1. The van der Waals surface area contributed by atoms with Crippen LogP contribution >= 0.6 is 28.1 Å². The number of thiocarbonyl (C=S) groups is 1. The van der Waals surface area contributed by atoms with E-state index in [9.17, 15) is 0 Å². The lowest BCUT2D eigenvalue weighted by Crippen LogP contribution is -2.44. The van der Waals surface area contributed by atoms with E-state index < -0.39 is 0 Å². The summed E-state index contributed by atoms with van der Waals surface area (Å²) in [5.41, 5.74) is 7.21. The first-order chi connectivity index (χ1) is 8.60. The first-order valence-corrected chi connectivity index (χ1v) is 7.71. The third kappa shape index (κ3) is 1.99. The van der Waals surface area contributed by atoms with Crippen molar-refractivity contribution in [1.82, 2.24) is 4.98 Å². The number of pyridine rings is 1. The van der Waals surface area contributed by atoms with Gasteiger partial charge in [-0.3, -0.25) is 4.98 Å². The predicted molar refractivity (Wildman–Crippen MR) is 80.5 cm³/mol. The smallest absolute Gasteiger partial charge is 0.0835 e. The molecule has 0 radical (unpaired) electrons. The number of nitrogens with two attached hydrogens (primary N) is 1. The normalized spacial score (nSPS) is 34.5. The van der Waals surface area contributed by atoms with Crippen LogP contribution in [-0.4, -0.2) is 9.97 Å². The van der Waals surface area contributed by atoms with Crippen LogP contribution in [0.25, 0.3) is 0 Å². The standard InChI is InChI=1S/C14H17BrN2S/c15-12-4-11(7-17-8-12)14(13(16)18)5-9-1-2-10(3-9)6-14/h4,7-10H,1-3,5-6H2,(H2,16,18)/t9-,10+,14?. The van der Waals surface area contributed by atoms with Gasteiger partial charge in [-0.1, -0.05) is 25.1 Å². The van der Waals surface area contributed by atoms with Crippen LogP contribution < -0.4 is 5.73 Å². The minimum absolute atomic E-state index is 0.115. The Bertz CT molecular complexity index is 476. The molecule has 1 aromatic heterocycles. The second kappa shape index (κ2) is 4.57. The first-order valence-electron chi connectivity index (χ1n) is 6.51. The summed E-state index contributed by atoms with van der Waals surface area (Å²) in [6.07, 6.45) is 10.0. The molecule has 3 rings (SSSR count). The first kappa shape index (κ1) is 12.5. The molecule has 0 aromatic carbocycles. The summed E-state index contributed by atoms with van der Waals surface area (Å²) in [4.78, 5) is 4.95. The van der Waals surface area contributed by atoms with Crippen molar-refractivity contribution in [3.63, 3.8) is 0 Å². The molecule has 1 aromatic rings. The second-order valence-corrected chi connectivity index (χ2v) is 7.15. The molecule has 1 unspecified atom stereocenters. The SMILES string of the molecule is NC(=S)C1(c2cncc(Br)c2)C[C@@H]2CC[C@@H](C2)C1. The van der Waals surface area contributed by atoms with Gasteiger partial charge in [0.05, 0.1) is 4.99 Å². The third-order valence-electron chi connectivity index (χ3n) is 4.65. The Labute approximate surface area is 121 Å². The Morgan fingerprint density at radius 2 is 2.00 bits per heavy atom. The summed E-state index contributed by atoms with van der Waals surface area (Å²) < 4.78 is 1.01. The fourth-order valence-electron chi connectivity index (χ4n) is 3.87. The van der Waals surface area contributed by atoms with Crippen molar-refractivity contribution in [2.75, 3.05) is 0 Å². The molecular formula is C14H17BrN2S. The van der Waals surface area contributed by atoms with E-state index in [2.05, 4.69) is 27.0 Å². The van der Waals surface area contributed by atoms with E-state index in [1.165, 1.54) is 24.8 Å². The number of rotatable bonds is 2. The van der Waals surface area contributed by atoms with Crippen LogP contribution in [-0.2, 0) is 5.41 Å². The van der Waals surface area contributed by atoms with Gasteiger partial charge in [-0.15, -0.1) is 0 Å². The Morgan fingerprint density at radius 1 is 1.33 bits per heavy atom. The Morgan fingerprint density at radius 3 is 2.56 bits per heavy atom. The molecule has 2 aliphatic carbocycles. The summed E-state index contributed by atoms with van der Waals surface area (Å²) in [6.45, 7) is 0. The lowest BCUT2D eigenvalue weighted by atomic mass is 9.65. The number of hydrogen-bond acceptors (Lipinski definition) is 2. The van der Waals surface area contributed by atoms with Gasteiger partial charge >= 0.3 is 0 Å². The number of nitrogens with zero attached hydrogens (tertiary/aromatic N) is 1. The molecule has 0 spiro atoms. The zero-order valence-electron chi connectivity index (χ0n) is 10.2. The number of fused-ring (bicyclic) bond motifs is 2. The van der Waals surface area contributed by atoms with E-state index in [4.69, 9.17) is 18.0 Å². The molecular weight excluding hydrogens is 308 g/mol. The minimum Gasteiger partial charge on any atom is -0.393 e. The van der Waals surface area contributed by atoms with Crippen molar-refractivity contribution in [1.29, 1.82) is 0 Å². The average molecular weight is 325 g/mol. The maximum atomic E-state index is 6.12. The molecule has 18 heavy (non-hydrogen) atoms. The largest absolute Gasteiger partial charge is 0.393 e. The van der Waals surface area contributed by atoms with Gasteiger partial charge in [0, 0.05) is 22.3 Å². The molecule has 0 saturated heterocycles. The van der Waals surface area contributed by atoms with Gasteiger partial charge in [-0.25, -0.2) is 0 Å². The maximum absolute atomic E-state index is 6.12. The highest BCUT2D eigenvalue weighted by atomic mass is 79.9. The fraction of sp³-hybridized carbons (Fsp3) is 0.571. The summed E-state index contributed by atoms with van der Waals surface area (Å²) >= 11 is 8.92. The van der Waals surface area contributed by atoms with Crippen molar-refractivity contribution in [3.8, 4) is 0 Å². The van der Waals surface area contributed by atoms with Gasteiger partial charge in [0.25, 0.3) is 0 Å².